The zero-order chi connectivity index (χ0) is 10.8. The minimum Gasteiger partial charge on any atom is -0.382 e. The molecule has 0 saturated carbocycles. The van der Waals surface area contributed by atoms with Crippen molar-refractivity contribution in [2.75, 3.05) is 26.9 Å². The van der Waals surface area contributed by atoms with Gasteiger partial charge in [0.2, 0.25) is 0 Å². The van der Waals surface area contributed by atoms with Crippen LogP contribution in [0.2, 0.25) is 0 Å². The molecule has 2 unspecified atom stereocenters. The smallest absolute Gasteiger partial charge is 0.0700 e. The van der Waals surface area contributed by atoms with Gasteiger partial charge in [-0.25, -0.2) is 0 Å². The summed E-state index contributed by atoms with van der Waals surface area (Å²) in [6, 6.07) is 0. The predicted molar refractivity (Wildman–Crippen MR) is 64.1 cm³/mol. The lowest BCUT2D eigenvalue weighted by Crippen LogP contribution is -2.06. The van der Waals surface area contributed by atoms with Crippen LogP contribution in [-0.4, -0.2) is 31.8 Å². The topological polar surface area (TPSA) is 18.5 Å². The Balaban J connectivity index is 3.10. The van der Waals surface area contributed by atoms with Crippen LogP contribution in [0.4, 0.5) is 0 Å². The van der Waals surface area contributed by atoms with E-state index in [4.69, 9.17) is 9.47 Å². The van der Waals surface area contributed by atoms with Gasteiger partial charge in [-0.05, 0) is 25.2 Å². The van der Waals surface area contributed by atoms with Crippen molar-refractivity contribution in [3.8, 4) is 0 Å². The van der Waals surface area contributed by atoms with Gasteiger partial charge in [-0.15, -0.1) is 0 Å². The third-order valence-corrected chi connectivity index (χ3v) is 2.52. The maximum absolute atomic E-state index is 5.39. The van der Waals surface area contributed by atoms with Crippen LogP contribution in [-0.2, 0) is 9.47 Å². The molecule has 0 rings (SSSR count). The Bertz CT molecular complexity index is 118. The molecule has 0 aliphatic carbocycles. The largest absolute Gasteiger partial charge is 0.382 e. The summed E-state index contributed by atoms with van der Waals surface area (Å²) < 4.78 is 10.3. The lowest BCUT2D eigenvalue weighted by Gasteiger charge is -2.12. The molecule has 0 radical (unpaired) electrons. The molecule has 0 aromatic carbocycles. The highest BCUT2D eigenvalue weighted by atomic mass is 79.9. The van der Waals surface area contributed by atoms with Crippen molar-refractivity contribution in [1.29, 1.82) is 0 Å². The Hall–Kier alpha value is 0.400. The van der Waals surface area contributed by atoms with E-state index in [1.54, 1.807) is 7.11 Å². The van der Waals surface area contributed by atoms with Crippen LogP contribution < -0.4 is 0 Å². The minimum absolute atomic E-state index is 0.631. The monoisotopic (exact) mass is 266 g/mol. The number of hydrogen-bond donors (Lipinski definition) is 0. The van der Waals surface area contributed by atoms with Crippen LogP contribution in [0.25, 0.3) is 0 Å². The van der Waals surface area contributed by atoms with E-state index in [1.165, 1.54) is 12.8 Å². The van der Waals surface area contributed by atoms with Gasteiger partial charge in [-0.2, -0.15) is 0 Å². The molecular formula is C11H23BrO2. The van der Waals surface area contributed by atoms with E-state index in [1.807, 2.05) is 0 Å². The molecule has 0 aromatic heterocycles. The molecule has 0 aliphatic rings. The van der Waals surface area contributed by atoms with Crippen LogP contribution in [0.15, 0.2) is 0 Å². The molecule has 86 valence electrons. The molecule has 0 aliphatic heterocycles. The van der Waals surface area contributed by atoms with E-state index in [2.05, 4.69) is 29.8 Å². The van der Waals surface area contributed by atoms with Gasteiger partial charge in [-0.1, -0.05) is 29.8 Å². The van der Waals surface area contributed by atoms with Crippen LogP contribution in [0.5, 0.6) is 0 Å². The maximum atomic E-state index is 5.39. The van der Waals surface area contributed by atoms with Crippen LogP contribution >= 0.6 is 15.9 Å². The van der Waals surface area contributed by atoms with E-state index in [0.717, 1.165) is 25.6 Å². The van der Waals surface area contributed by atoms with Crippen molar-refractivity contribution in [2.45, 2.75) is 37.9 Å². The van der Waals surface area contributed by atoms with E-state index in [0.29, 0.717) is 11.4 Å². The molecule has 0 aromatic rings. The number of halogens is 1. The summed E-state index contributed by atoms with van der Waals surface area (Å²) in [7, 11) is 1.70. The Morgan fingerprint density at radius 1 is 1.14 bits per heavy atom. The number of rotatable bonds is 9. The molecule has 2 atom stereocenters. The molecule has 0 fully saturated rings. The molecule has 0 amide bonds. The Morgan fingerprint density at radius 3 is 2.43 bits per heavy atom. The average Bonchev–Trinajstić information content (AvgIpc) is 2.10. The molecule has 3 heteroatoms. The predicted octanol–water partition coefficient (Wildman–Crippen LogP) is 3.24. The van der Waals surface area contributed by atoms with Gasteiger partial charge in [0.1, 0.15) is 0 Å². The van der Waals surface area contributed by atoms with E-state index in [9.17, 15) is 0 Å². The van der Waals surface area contributed by atoms with Crippen molar-refractivity contribution >= 4 is 15.9 Å². The van der Waals surface area contributed by atoms with Crippen molar-refractivity contribution < 1.29 is 9.47 Å². The fourth-order valence-corrected chi connectivity index (χ4v) is 2.09. The standard InChI is InChI=1S/C11H23BrO2/c1-10(9-11(2)12)5-4-6-14-8-7-13-3/h10-11H,4-9H2,1-3H3. The van der Waals surface area contributed by atoms with E-state index < -0.39 is 0 Å². The third kappa shape index (κ3) is 10.5. The zero-order valence-corrected chi connectivity index (χ0v) is 11.2. The van der Waals surface area contributed by atoms with Crippen LogP contribution in [0.3, 0.4) is 0 Å². The van der Waals surface area contributed by atoms with Gasteiger partial charge in [0.05, 0.1) is 13.2 Å². The summed E-state index contributed by atoms with van der Waals surface area (Å²) in [6.07, 6.45) is 3.66. The Morgan fingerprint density at radius 2 is 1.86 bits per heavy atom. The molecule has 2 nitrogen and oxygen atoms in total. The lowest BCUT2D eigenvalue weighted by molar-refractivity contribution is 0.0673. The summed E-state index contributed by atoms with van der Waals surface area (Å²) >= 11 is 3.57. The van der Waals surface area contributed by atoms with Crippen LogP contribution in [0, 0.1) is 5.92 Å². The third-order valence-electron chi connectivity index (χ3n) is 2.14. The van der Waals surface area contributed by atoms with Crippen molar-refractivity contribution in [1.82, 2.24) is 0 Å². The van der Waals surface area contributed by atoms with Crippen molar-refractivity contribution in [2.24, 2.45) is 5.92 Å². The van der Waals surface area contributed by atoms with E-state index in [-0.39, 0.29) is 0 Å². The SMILES string of the molecule is COCCOCCCC(C)CC(C)Br. The molecule has 14 heavy (non-hydrogen) atoms. The van der Waals surface area contributed by atoms with Crippen molar-refractivity contribution in [3.05, 3.63) is 0 Å². The average molecular weight is 267 g/mol. The van der Waals surface area contributed by atoms with Gasteiger partial charge in [0, 0.05) is 18.5 Å². The first-order chi connectivity index (χ1) is 6.66. The number of ether oxygens (including phenoxy) is 2. The van der Waals surface area contributed by atoms with Crippen molar-refractivity contribution in [3.63, 3.8) is 0 Å². The summed E-state index contributed by atoms with van der Waals surface area (Å²) in [5, 5.41) is 0. The van der Waals surface area contributed by atoms with E-state index >= 15 is 0 Å². The highest BCUT2D eigenvalue weighted by Crippen LogP contribution is 2.16. The van der Waals surface area contributed by atoms with Gasteiger partial charge in [0.15, 0.2) is 0 Å². The Kier molecular flexibility index (Phi) is 10.2. The fraction of sp³-hybridized carbons (Fsp3) is 1.00. The lowest BCUT2D eigenvalue weighted by atomic mass is 10.0. The molecule has 0 spiro atoms. The first kappa shape index (κ1) is 14.4. The molecule has 0 saturated heterocycles. The minimum atomic E-state index is 0.631. The first-order valence-electron chi connectivity index (χ1n) is 5.37. The number of methoxy groups -OCH3 is 1. The fourth-order valence-electron chi connectivity index (χ4n) is 1.45. The van der Waals surface area contributed by atoms with Gasteiger partial charge in [0.25, 0.3) is 0 Å². The molecular weight excluding hydrogens is 244 g/mol. The summed E-state index contributed by atoms with van der Waals surface area (Å²) in [4.78, 5) is 0.631. The highest BCUT2D eigenvalue weighted by Gasteiger charge is 2.05. The van der Waals surface area contributed by atoms with Gasteiger partial charge >= 0.3 is 0 Å². The molecule has 0 N–H and O–H groups in total. The van der Waals surface area contributed by atoms with Gasteiger partial charge in [-0.3, -0.25) is 0 Å². The van der Waals surface area contributed by atoms with Gasteiger partial charge < -0.3 is 9.47 Å². The second-order valence-corrected chi connectivity index (χ2v) is 5.43. The number of alkyl halides is 1. The number of hydrogen-bond acceptors (Lipinski definition) is 2. The summed E-state index contributed by atoms with van der Waals surface area (Å²) in [6.45, 7) is 6.79. The second-order valence-electron chi connectivity index (χ2n) is 3.87. The summed E-state index contributed by atoms with van der Waals surface area (Å²) in [5.41, 5.74) is 0. The second kappa shape index (κ2) is 9.94. The molecule has 0 heterocycles. The first-order valence-corrected chi connectivity index (χ1v) is 6.29. The molecule has 0 bridgehead atoms. The summed E-state index contributed by atoms with van der Waals surface area (Å²) in [5.74, 6) is 0.787. The highest BCUT2D eigenvalue weighted by molar-refractivity contribution is 9.09. The zero-order valence-electron chi connectivity index (χ0n) is 9.59. The Labute approximate surface area is 96.5 Å². The van der Waals surface area contributed by atoms with Crippen LogP contribution in [0.1, 0.15) is 33.1 Å². The quantitative estimate of drug-likeness (QED) is 0.471. The normalized spacial score (nSPS) is 15.4. The maximum Gasteiger partial charge on any atom is 0.0700 e.